The van der Waals surface area contributed by atoms with Crippen LogP contribution in [0.3, 0.4) is 0 Å². The second-order valence-electron chi connectivity index (χ2n) is 4.92. The van der Waals surface area contributed by atoms with E-state index < -0.39 is 5.41 Å². The zero-order chi connectivity index (χ0) is 14.2. The maximum absolute atomic E-state index is 12.4. The molecule has 0 aromatic heterocycles. The predicted molar refractivity (Wildman–Crippen MR) is 74.1 cm³/mol. The van der Waals surface area contributed by atoms with Crippen LogP contribution in [-0.2, 0) is 9.59 Å². The molecule has 0 rings (SSSR count). The van der Waals surface area contributed by atoms with Crippen molar-refractivity contribution in [2.45, 2.75) is 40.5 Å². The fraction of sp³-hybridized carbons (Fsp3) is 0.714. The number of hydrogen-bond donors (Lipinski definition) is 1. The van der Waals surface area contributed by atoms with Crippen LogP contribution in [0.25, 0.3) is 0 Å². The molecule has 0 aromatic rings. The van der Waals surface area contributed by atoms with Gasteiger partial charge in [-0.25, -0.2) is 0 Å². The highest BCUT2D eigenvalue weighted by molar-refractivity contribution is 6.04. The molecule has 1 N–H and O–H groups in total. The zero-order valence-electron chi connectivity index (χ0n) is 12.1. The summed E-state index contributed by atoms with van der Waals surface area (Å²) in [5.41, 5.74) is -1.02. The smallest absolute Gasteiger partial charge is 0.237 e. The van der Waals surface area contributed by atoms with E-state index in [1.54, 1.807) is 24.8 Å². The Balaban J connectivity index is 4.77. The third-order valence-corrected chi connectivity index (χ3v) is 2.78. The lowest BCUT2D eigenvalue weighted by Gasteiger charge is -2.30. The molecule has 0 aliphatic carbocycles. The van der Waals surface area contributed by atoms with Crippen LogP contribution in [0.15, 0.2) is 12.7 Å². The van der Waals surface area contributed by atoms with Crippen molar-refractivity contribution in [1.82, 2.24) is 10.2 Å². The molecule has 0 unspecified atom stereocenters. The molecule has 0 aliphatic rings. The van der Waals surface area contributed by atoms with Gasteiger partial charge in [-0.3, -0.25) is 9.59 Å². The molecule has 0 radical (unpaired) electrons. The van der Waals surface area contributed by atoms with Crippen LogP contribution >= 0.6 is 0 Å². The molecule has 104 valence electrons. The normalized spacial score (nSPS) is 10.9. The van der Waals surface area contributed by atoms with Crippen LogP contribution in [0.1, 0.15) is 40.5 Å². The van der Waals surface area contributed by atoms with E-state index in [0.29, 0.717) is 19.6 Å². The summed E-state index contributed by atoms with van der Waals surface area (Å²) in [5, 5.41) is 2.69. The van der Waals surface area contributed by atoms with E-state index in [9.17, 15) is 9.59 Å². The van der Waals surface area contributed by atoms with E-state index in [4.69, 9.17) is 0 Å². The molecule has 18 heavy (non-hydrogen) atoms. The Kier molecular flexibility index (Phi) is 7.32. The first-order chi connectivity index (χ1) is 8.41. The Morgan fingerprint density at radius 1 is 1.22 bits per heavy atom. The predicted octanol–water partition coefficient (Wildman–Crippen LogP) is 1.96. The van der Waals surface area contributed by atoms with Gasteiger partial charge in [0.25, 0.3) is 0 Å². The van der Waals surface area contributed by atoms with Crippen LogP contribution in [0.5, 0.6) is 0 Å². The van der Waals surface area contributed by atoms with E-state index in [-0.39, 0.29) is 11.8 Å². The Morgan fingerprint density at radius 2 is 1.72 bits per heavy atom. The fourth-order valence-corrected chi connectivity index (χ4v) is 1.73. The van der Waals surface area contributed by atoms with E-state index in [1.165, 1.54) is 0 Å². The van der Waals surface area contributed by atoms with Gasteiger partial charge in [0, 0.05) is 19.6 Å². The lowest BCUT2D eigenvalue weighted by molar-refractivity contribution is -0.148. The Bertz CT molecular complexity index is 292. The minimum Gasteiger partial charge on any atom is -0.352 e. The van der Waals surface area contributed by atoms with Gasteiger partial charge in [-0.05, 0) is 26.7 Å². The number of hydrogen-bond acceptors (Lipinski definition) is 2. The van der Waals surface area contributed by atoms with Crippen molar-refractivity contribution in [1.29, 1.82) is 0 Å². The molecule has 0 aromatic carbocycles. The summed E-state index contributed by atoms with van der Waals surface area (Å²) in [6, 6.07) is 0. The van der Waals surface area contributed by atoms with Gasteiger partial charge >= 0.3 is 0 Å². The van der Waals surface area contributed by atoms with Crippen molar-refractivity contribution in [3.05, 3.63) is 12.7 Å². The standard InChI is InChI=1S/C14H26N2O2/c1-6-9-15-12(17)14(4,5)13(18)16(10-7-2)11-8-3/h6H,1,7-11H2,2-5H3,(H,15,17). The highest BCUT2D eigenvalue weighted by atomic mass is 16.2. The average molecular weight is 254 g/mol. The second kappa shape index (κ2) is 7.90. The maximum Gasteiger partial charge on any atom is 0.237 e. The van der Waals surface area contributed by atoms with Crippen molar-refractivity contribution in [2.75, 3.05) is 19.6 Å². The molecule has 0 saturated carbocycles. The summed E-state index contributed by atoms with van der Waals surface area (Å²) >= 11 is 0. The lowest BCUT2D eigenvalue weighted by atomic mass is 9.90. The Hall–Kier alpha value is -1.32. The van der Waals surface area contributed by atoms with Gasteiger partial charge in [-0.15, -0.1) is 6.58 Å². The van der Waals surface area contributed by atoms with Gasteiger partial charge in [0.1, 0.15) is 5.41 Å². The topological polar surface area (TPSA) is 49.4 Å². The van der Waals surface area contributed by atoms with Gasteiger partial charge in [0.05, 0.1) is 0 Å². The zero-order valence-corrected chi connectivity index (χ0v) is 12.1. The Morgan fingerprint density at radius 3 is 2.11 bits per heavy atom. The first kappa shape index (κ1) is 16.7. The summed E-state index contributed by atoms with van der Waals surface area (Å²) < 4.78 is 0. The number of carbonyl (C=O) groups excluding carboxylic acids is 2. The van der Waals surface area contributed by atoms with Gasteiger partial charge in [0.15, 0.2) is 0 Å². The minimum atomic E-state index is -1.02. The molecule has 0 aliphatic heterocycles. The molecular formula is C14H26N2O2. The molecular weight excluding hydrogens is 228 g/mol. The van der Waals surface area contributed by atoms with E-state index >= 15 is 0 Å². The van der Waals surface area contributed by atoms with Crippen molar-refractivity contribution in [3.63, 3.8) is 0 Å². The first-order valence-electron chi connectivity index (χ1n) is 6.60. The molecule has 0 spiro atoms. The van der Waals surface area contributed by atoms with Crippen molar-refractivity contribution in [3.8, 4) is 0 Å². The van der Waals surface area contributed by atoms with Crippen molar-refractivity contribution in [2.24, 2.45) is 5.41 Å². The fourth-order valence-electron chi connectivity index (χ4n) is 1.73. The number of nitrogens with one attached hydrogen (secondary N) is 1. The van der Waals surface area contributed by atoms with Crippen LogP contribution in [0.4, 0.5) is 0 Å². The van der Waals surface area contributed by atoms with E-state index in [1.807, 2.05) is 13.8 Å². The molecule has 0 fully saturated rings. The second-order valence-corrected chi connectivity index (χ2v) is 4.92. The highest BCUT2D eigenvalue weighted by Gasteiger charge is 2.38. The molecule has 4 nitrogen and oxygen atoms in total. The van der Waals surface area contributed by atoms with Crippen LogP contribution in [0, 0.1) is 5.41 Å². The SMILES string of the molecule is C=CCNC(=O)C(C)(C)C(=O)N(CCC)CCC. The molecule has 0 bridgehead atoms. The molecule has 0 heterocycles. The lowest BCUT2D eigenvalue weighted by Crippen LogP contribution is -2.50. The highest BCUT2D eigenvalue weighted by Crippen LogP contribution is 2.19. The van der Waals surface area contributed by atoms with Crippen LogP contribution < -0.4 is 5.32 Å². The van der Waals surface area contributed by atoms with E-state index in [0.717, 1.165) is 12.8 Å². The maximum atomic E-state index is 12.4. The first-order valence-corrected chi connectivity index (χ1v) is 6.60. The Labute approximate surface area is 110 Å². The molecule has 2 amide bonds. The monoisotopic (exact) mass is 254 g/mol. The minimum absolute atomic E-state index is 0.104. The van der Waals surface area contributed by atoms with Gasteiger partial charge in [0.2, 0.25) is 11.8 Å². The largest absolute Gasteiger partial charge is 0.352 e. The third kappa shape index (κ3) is 4.51. The number of rotatable bonds is 8. The summed E-state index contributed by atoms with van der Waals surface area (Å²) in [5.74, 6) is -0.350. The molecule has 0 atom stereocenters. The van der Waals surface area contributed by atoms with Gasteiger partial charge in [-0.2, -0.15) is 0 Å². The summed E-state index contributed by atoms with van der Waals surface area (Å²) in [7, 11) is 0. The summed E-state index contributed by atoms with van der Waals surface area (Å²) in [6.07, 6.45) is 3.40. The summed E-state index contributed by atoms with van der Waals surface area (Å²) in [6.45, 7) is 12.7. The quantitative estimate of drug-likeness (QED) is 0.532. The van der Waals surface area contributed by atoms with E-state index in [2.05, 4.69) is 11.9 Å². The number of nitrogens with zero attached hydrogens (tertiary/aromatic N) is 1. The van der Waals surface area contributed by atoms with Gasteiger partial charge in [-0.1, -0.05) is 19.9 Å². The number of carbonyl (C=O) groups is 2. The summed E-state index contributed by atoms with van der Waals surface area (Å²) in [4.78, 5) is 26.1. The molecule has 0 saturated heterocycles. The van der Waals surface area contributed by atoms with Crippen LogP contribution in [0.2, 0.25) is 0 Å². The molecule has 4 heteroatoms. The third-order valence-electron chi connectivity index (χ3n) is 2.78. The van der Waals surface area contributed by atoms with Crippen molar-refractivity contribution >= 4 is 11.8 Å². The van der Waals surface area contributed by atoms with Crippen LogP contribution in [-0.4, -0.2) is 36.3 Å². The average Bonchev–Trinajstić information content (AvgIpc) is 2.34. The van der Waals surface area contributed by atoms with Gasteiger partial charge < -0.3 is 10.2 Å². The number of amides is 2. The van der Waals surface area contributed by atoms with Crippen molar-refractivity contribution < 1.29 is 9.59 Å².